The van der Waals surface area contributed by atoms with Crippen molar-refractivity contribution in [2.24, 2.45) is 0 Å². The molecule has 2 aromatic rings. The molecule has 5 heteroatoms. The van der Waals surface area contributed by atoms with E-state index in [4.69, 9.17) is 25.8 Å². The molecular weight excluding hydrogens is 424 g/mol. The van der Waals surface area contributed by atoms with Crippen molar-refractivity contribution in [3.63, 3.8) is 0 Å². The first-order chi connectivity index (χ1) is 15.5. The number of alkyl halides is 1. The molecule has 174 valence electrons. The predicted octanol–water partition coefficient (Wildman–Crippen LogP) is 6.32. The van der Waals surface area contributed by atoms with Crippen LogP contribution in [0.1, 0.15) is 63.5 Å². The van der Waals surface area contributed by atoms with Crippen molar-refractivity contribution in [2.75, 3.05) is 25.7 Å². The summed E-state index contributed by atoms with van der Waals surface area (Å²) < 4.78 is 17.1. The molecule has 2 aromatic carbocycles. The van der Waals surface area contributed by atoms with E-state index in [0.717, 1.165) is 25.0 Å². The Labute approximate surface area is 197 Å². The van der Waals surface area contributed by atoms with Crippen molar-refractivity contribution in [2.45, 2.75) is 63.9 Å². The number of carbonyl (C=O) groups is 1. The molecule has 0 radical (unpaired) electrons. The lowest BCUT2D eigenvalue weighted by Crippen LogP contribution is -2.24. The van der Waals surface area contributed by atoms with Crippen molar-refractivity contribution in [3.8, 4) is 11.5 Å². The second kappa shape index (κ2) is 12.3. The molecule has 0 amide bonds. The average molecular weight is 459 g/mol. The Hall–Kier alpha value is -2.04. The van der Waals surface area contributed by atoms with Crippen LogP contribution in [0, 0.1) is 0 Å². The maximum atomic E-state index is 12.1. The third-order valence-electron chi connectivity index (χ3n) is 6.13. The number of ether oxygens (including phenoxy) is 3. The van der Waals surface area contributed by atoms with Gasteiger partial charge in [0.2, 0.25) is 0 Å². The van der Waals surface area contributed by atoms with E-state index in [0.29, 0.717) is 18.2 Å². The van der Waals surface area contributed by atoms with Crippen LogP contribution in [0.25, 0.3) is 0 Å². The second-order valence-corrected chi connectivity index (χ2v) is 9.34. The van der Waals surface area contributed by atoms with E-state index in [1.807, 2.05) is 24.3 Å². The lowest BCUT2D eigenvalue weighted by molar-refractivity contribution is -0.128. The Morgan fingerprint density at radius 3 is 2.00 bits per heavy atom. The second-order valence-electron chi connectivity index (χ2n) is 8.96. The highest BCUT2D eigenvalue weighted by molar-refractivity contribution is 6.17. The van der Waals surface area contributed by atoms with Crippen LogP contribution < -0.4 is 9.47 Å². The van der Waals surface area contributed by atoms with Gasteiger partial charge in [0.25, 0.3) is 0 Å². The number of ketones is 1. The molecule has 4 nitrogen and oxygen atoms in total. The molecule has 32 heavy (non-hydrogen) atoms. The quantitative estimate of drug-likeness (QED) is 0.276. The van der Waals surface area contributed by atoms with Gasteiger partial charge in [0.15, 0.2) is 5.78 Å². The van der Waals surface area contributed by atoms with E-state index >= 15 is 0 Å². The topological polar surface area (TPSA) is 44.8 Å². The molecule has 0 heterocycles. The summed E-state index contributed by atoms with van der Waals surface area (Å²) in [6.45, 7) is 5.20. The van der Waals surface area contributed by atoms with Crippen LogP contribution in [-0.4, -0.2) is 37.6 Å². The van der Waals surface area contributed by atoms with E-state index in [2.05, 4.69) is 38.1 Å². The zero-order chi connectivity index (χ0) is 22.8. The summed E-state index contributed by atoms with van der Waals surface area (Å²) in [6.07, 6.45) is 6.88. The largest absolute Gasteiger partial charge is 0.494 e. The van der Waals surface area contributed by atoms with E-state index in [1.54, 1.807) is 0 Å². The number of halogens is 1. The van der Waals surface area contributed by atoms with Gasteiger partial charge in [-0.25, -0.2) is 0 Å². The summed E-state index contributed by atoms with van der Waals surface area (Å²) in [5, 5.41) is 0. The van der Waals surface area contributed by atoms with Crippen molar-refractivity contribution < 1.29 is 19.0 Å². The first-order valence-electron chi connectivity index (χ1n) is 11.6. The van der Waals surface area contributed by atoms with Crippen LogP contribution in [0.3, 0.4) is 0 Å². The standard InChI is InChI=1S/C27H35ClO4/c1-27(2,21-9-13-25(14-10-21)30-18-6-17-28)22-11-15-26(16-12-22)32-20-23(29)19-31-24-7-4-3-5-8-24/h9-16,24H,3-8,17-20H2,1-2H3. The average Bonchev–Trinajstić information content (AvgIpc) is 2.83. The van der Waals surface area contributed by atoms with Gasteiger partial charge >= 0.3 is 0 Å². The molecule has 0 spiro atoms. The van der Waals surface area contributed by atoms with E-state index in [-0.39, 0.29) is 30.5 Å². The number of rotatable bonds is 12. The molecule has 0 atom stereocenters. The minimum Gasteiger partial charge on any atom is -0.494 e. The van der Waals surface area contributed by atoms with Crippen molar-refractivity contribution >= 4 is 17.4 Å². The highest BCUT2D eigenvalue weighted by Gasteiger charge is 2.23. The van der Waals surface area contributed by atoms with Crippen LogP contribution in [0.2, 0.25) is 0 Å². The number of hydrogen-bond acceptors (Lipinski definition) is 4. The van der Waals surface area contributed by atoms with Gasteiger partial charge < -0.3 is 14.2 Å². The molecule has 0 saturated heterocycles. The summed E-state index contributed by atoms with van der Waals surface area (Å²) >= 11 is 5.70. The van der Waals surface area contributed by atoms with Gasteiger partial charge in [-0.15, -0.1) is 11.6 Å². The fourth-order valence-corrected chi connectivity index (χ4v) is 4.10. The molecule has 0 bridgehead atoms. The van der Waals surface area contributed by atoms with E-state index in [1.165, 1.54) is 30.4 Å². The van der Waals surface area contributed by atoms with Crippen LogP contribution in [-0.2, 0) is 14.9 Å². The molecule has 0 aliphatic heterocycles. The monoisotopic (exact) mass is 458 g/mol. The lowest BCUT2D eigenvalue weighted by Gasteiger charge is -2.26. The zero-order valence-corrected chi connectivity index (χ0v) is 20.0. The predicted molar refractivity (Wildman–Crippen MR) is 129 cm³/mol. The Kier molecular flexibility index (Phi) is 9.43. The van der Waals surface area contributed by atoms with Gasteiger partial charge in [-0.05, 0) is 54.7 Å². The number of hydrogen-bond donors (Lipinski definition) is 0. The first kappa shape index (κ1) is 24.6. The SMILES string of the molecule is CC(C)(c1ccc(OCCCCl)cc1)c1ccc(OCC(=O)COC2CCCCC2)cc1. The molecule has 0 unspecified atom stereocenters. The molecule has 0 N–H and O–H groups in total. The molecule has 0 aromatic heterocycles. The van der Waals surface area contributed by atoms with Crippen LogP contribution in [0.5, 0.6) is 11.5 Å². The van der Waals surface area contributed by atoms with Crippen molar-refractivity contribution in [1.82, 2.24) is 0 Å². The van der Waals surface area contributed by atoms with Gasteiger partial charge in [-0.3, -0.25) is 4.79 Å². The minimum absolute atomic E-state index is 0.0201. The first-order valence-corrected chi connectivity index (χ1v) is 12.2. The van der Waals surface area contributed by atoms with Gasteiger partial charge in [-0.2, -0.15) is 0 Å². The maximum Gasteiger partial charge on any atom is 0.195 e. The molecule has 1 aliphatic rings. The third kappa shape index (κ3) is 7.25. The molecule has 1 saturated carbocycles. The Morgan fingerprint density at radius 2 is 1.44 bits per heavy atom. The number of carbonyl (C=O) groups excluding carboxylic acids is 1. The Morgan fingerprint density at radius 1 is 0.875 bits per heavy atom. The summed E-state index contributed by atoms with van der Waals surface area (Å²) in [7, 11) is 0. The zero-order valence-electron chi connectivity index (χ0n) is 19.3. The van der Waals surface area contributed by atoms with E-state index < -0.39 is 0 Å². The normalized spacial score (nSPS) is 14.8. The smallest absolute Gasteiger partial charge is 0.195 e. The minimum atomic E-state index is -0.170. The fraction of sp³-hybridized carbons (Fsp3) is 0.519. The van der Waals surface area contributed by atoms with Crippen LogP contribution >= 0.6 is 11.6 Å². The van der Waals surface area contributed by atoms with Crippen molar-refractivity contribution in [3.05, 3.63) is 59.7 Å². The maximum absolute atomic E-state index is 12.1. The molecular formula is C27H35ClO4. The van der Waals surface area contributed by atoms with Gasteiger partial charge in [0, 0.05) is 11.3 Å². The molecule has 3 rings (SSSR count). The van der Waals surface area contributed by atoms with Crippen molar-refractivity contribution in [1.29, 1.82) is 0 Å². The highest BCUT2D eigenvalue weighted by Crippen LogP contribution is 2.33. The van der Waals surface area contributed by atoms with Gasteiger partial charge in [-0.1, -0.05) is 57.4 Å². The number of benzene rings is 2. The van der Waals surface area contributed by atoms with Gasteiger partial charge in [0.1, 0.15) is 24.7 Å². The summed E-state index contributed by atoms with van der Waals surface area (Å²) in [5.41, 5.74) is 2.20. The molecule has 1 fully saturated rings. The van der Waals surface area contributed by atoms with Crippen LogP contribution in [0.15, 0.2) is 48.5 Å². The third-order valence-corrected chi connectivity index (χ3v) is 6.40. The Balaban J connectivity index is 1.49. The summed E-state index contributed by atoms with van der Waals surface area (Å²) in [5.74, 6) is 2.13. The Bertz CT molecular complexity index is 824. The summed E-state index contributed by atoms with van der Waals surface area (Å²) in [4.78, 5) is 12.1. The molecule has 1 aliphatic carbocycles. The lowest BCUT2D eigenvalue weighted by atomic mass is 9.78. The summed E-state index contributed by atoms with van der Waals surface area (Å²) in [6, 6.07) is 16.2. The number of Topliss-reactive ketones (excluding diaryl/α,β-unsaturated/α-hetero) is 1. The van der Waals surface area contributed by atoms with E-state index in [9.17, 15) is 4.79 Å². The van der Waals surface area contributed by atoms with Crippen LogP contribution in [0.4, 0.5) is 0 Å². The highest BCUT2D eigenvalue weighted by atomic mass is 35.5. The van der Waals surface area contributed by atoms with Gasteiger partial charge in [0.05, 0.1) is 12.7 Å². The fourth-order valence-electron chi connectivity index (χ4n) is 3.99.